The summed E-state index contributed by atoms with van der Waals surface area (Å²) in [5.41, 5.74) is 1.57. The van der Waals surface area contributed by atoms with E-state index in [1.165, 1.54) is 12.1 Å². The summed E-state index contributed by atoms with van der Waals surface area (Å²) >= 11 is 6.18. The van der Waals surface area contributed by atoms with E-state index in [4.69, 9.17) is 16.3 Å². The number of hydrogen-bond donors (Lipinski definition) is 3. The molecule has 1 aromatic heterocycles. The molecule has 6 nitrogen and oxygen atoms in total. The molecule has 8 heteroatoms. The van der Waals surface area contributed by atoms with Gasteiger partial charge in [-0.15, -0.1) is 0 Å². The summed E-state index contributed by atoms with van der Waals surface area (Å²) in [5.74, 6) is -1.41. The van der Waals surface area contributed by atoms with Crippen molar-refractivity contribution in [3.63, 3.8) is 0 Å². The van der Waals surface area contributed by atoms with Crippen molar-refractivity contribution >= 4 is 28.5 Å². The number of hydrogen-bond acceptors (Lipinski definition) is 4. The van der Waals surface area contributed by atoms with Gasteiger partial charge in [-0.1, -0.05) is 23.7 Å². The Balaban J connectivity index is 1.66. The standard InChI is InChI=1S/C21H21ClFN3O3/c22-15-9-13-11-25-26-18(13)17(10-15)19(20(27)28)29-12-21(5-7-24-8-6-21)14-1-3-16(23)4-2-14/h1-4,9-11,19,24H,5-8,12H2,(H,25,26)(H,27,28). The highest BCUT2D eigenvalue weighted by Gasteiger charge is 2.36. The van der Waals surface area contributed by atoms with E-state index in [2.05, 4.69) is 15.5 Å². The van der Waals surface area contributed by atoms with Gasteiger partial charge in [0, 0.05) is 21.4 Å². The molecular formula is C21H21ClFN3O3. The van der Waals surface area contributed by atoms with Gasteiger partial charge in [-0.05, 0) is 55.8 Å². The highest BCUT2D eigenvalue weighted by Crippen LogP contribution is 2.37. The zero-order valence-electron chi connectivity index (χ0n) is 15.6. The second kappa shape index (κ2) is 8.10. The van der Waals surface area contributed by atoms with Crippen LogP contribution in [0.3, 0.4) is 0 Å². The Hall–Kier alpha value is -2.48. The van der Waals surface area contributed by atoms with Crippen molar-refractivity contribution < 1.29 is 19.0 Å². The molecule has 1 atom stereocenters. The fourth-order valence-electron chi connectivity index (χ4n) is 4.02. The lowest BCUT2D eigenvalue weighted by Gasteiger charge is -2.38. The normalized spacial score (nSPS) is 17.3. The summed E-state index contributed by atoms with van der Waals surface area (Å²) in [6.07, 6.45) is 1.92. The van der Waals surface area contributed by atoms with Gasteiger partial charge in [0.25, 0.3) is 0 Å². The van der Waals surface area contributed by atoms with Crippen LogP contribution in [0.4, 0.5) is 4.39 Å². The second-order valence-corrected chi connectivity index (χ2v) is 7.83. The number of ether oxygens (including phenoxy) is 1. The molecule has 2 aromatic carbocycles. The van der Waals surface area contributed by atoms with Crippen LogP contribution in [0.5, 0.6) is 0 Å². The van der Waals surface area contributed by atoms with Crippen LogP contribution >= 0.6 is 11.6 Å². The van der Waals surface area contributed by atoms with Crippen molar-refractivity contribution in [1.82, 2.24) is 15.5 Å². The third-order valence-corrected chi connectivity index (χ3v) is 5.81. The predicted molar refractivity (Wildman–Crippen MR) is 108 cm³/mol. The maximum atomic E-state index is 13.4. The predicted octanol–water partition coefficient (Wildman–Crippen LogP) is 3.82. The minimum atomic E-state index is -1.20. The number of carboxylic acids is 1. The van der Waals surface area contributed by atoms with Gasteiger partial charge in [0.2, 0.25) is 0 Å². The number of benzene rings is 2. The van der Waals surface area contributed by atoms with E-state index in [0.29, 0.717) is 16.1 Å². The number of piperidine rings is 1. The summed E-state index contributed by atoms with van der Waals surface area (Å²) in [4.78, 5) is 12.1. The lowest BCUT2D eigenvalue weighted by molar-refractivity contribution is -0.152. The molecule has 2 heterocycles. The zero-order valence-corrected chi connectivity index (χ0v) is 16.4. The summed E-state index contributed by atoms with van der Waals surface area (Å²) in [7, 11) is 0. The van der Waals surface area contributed by atoms with E-state index in [-0.39, 0.29) is 12.4 Å². The van der Waals surface area contributed by atoms with Crippen LogP contribution in [0, 0.1) is 5.82 Å². The minimum absolute atomic E-state index is 0.194. The Bertz CT molecular complexity index is 1020. The van der Waals surface area contributed by atoms with E-state index in [1.807, 2.05) is 0 Å². The van der Waals surface area contributed by atoms with Gasteiger partial charge in [0.1, 0.15) is 5.82 Å². The number of aromatic nitrogens is 2. The first-order valence-electron chi connectivity index (χ1n) is 9.42. The first kappa shape index (κ1) is 19.8. The molecule has 0 saturated carbocycles. The van der Waals surface area contributed by atoms with Crippen molar-refractivity contribution in [1.29, 1.82) is 0 Å². The SMILES string of the molecule is O=C(O)C(OCC1(c2ccc(F)cc2)CCNCC1)c1cc(Cl)cc2cn[nH]c12. The lowest BCUT2D eigenvalue weighted by atomic mass is 9.74. The fourth-order valence-corrected chi connectivity index (χ4v) is 4.25. The molecule has 0 aliphatic carbocycles. The number of aliphatic carboxylic acids is 1. The van der Waals surface area contributed by atoms with Crippen LogP contribution in [0.1, 0.15) is 30.1 Å². The summed E-state index contributed by atoms with van der Waals surface area (Å²) < 4.78 is 19.5. The first-order valence-corrected chi connectivity index (χ1v) is 9.80. The number of fused-ring (bicyclic) bond motifs is 1. The number of nitrogens with one attached hydrogen (secondary N) is 2. The Morgan fingerprint density at radius 1 is 1.28 bits per heavy atom. The highest BCUT2D eigenvalue weighted by molar-refractivity contribution is 6.31. The van der Waals surface area contributed by atoms with E-state index in [0.717, 1.165) is 36.9 Å². The van der Waals surface area contributed by atoms with Gasteiger partial charge >= 0.3 is 5.97 Å². The molecule has 3 aromatic rings. The van der Waals surface area contributed by atoms with E-state index in [9.17, 15) is 14.3 Å². The maximum Gasteiger partial charge on any atom is 0.337 e. The van der Waals surface area contributed by atoms with Crippen LogP contribution in [0.2, 0.25) is 5.02 Å². The average Bonchev–Trinajstić information content (AvgIpc) is 3.17. The first-order chi connectivity index (χ1) is 14.0. The second-order valence-electron chi connectivity index (χ2n) is 7.40. The van der Waals surface area contributed by atoms with Gasteiger partial charge in [-0.25, -0.2) is 9.18 Å². The van der Waals surface area contributed by atoms with Crippen LogP contribution in [0.15, 0.2) is 42.6 Å². The maximum absolute atomic E-state index is 13.4. The van der Waals surface area contributed by atoms with Crippen LogP contribution < -0.4 is 5.32 Å². The average molecular weight is 418 g/mol. The molecule has 3 N–H and O–H groups in total. The molecule has 0 amide bonds. The zero-order chi connectivity index (χ0) is 20.4. The molecule has 1 fully saturated rings. The molecular weight excluding hydrogens is 397 g/mol. The largest absolute Gasteiger partial charge is 0.479 e. The number of halogens is 2. The fraction of sp³-hybridized carbons (Fsp3) is 0.333. The smallest absolute Gasteiger partial charge is 0.337 e. The van der Waals surface area contributed by atoms with Crippen molar-refractivity contribution in [2.45, 2.75) is 24.4 Å². The van der Waals surface area contributed by atoms with Crippen LogP contribution in [-0.4, -0.2) is 41.0 Å². The van der Waals surface area contributed by atoms with Gasteiger partial charge in [-0.2, -0.15) is 5.10 Å². The molecule has 29 heavy (non-hydrogen) atoms. The van der Waals surface area contributed by atoms with Crippen molar-refractivity contribution in [2.24, 2.45) is 0 Å². The number of nitrogens with zero attached hydrogens (tertiary/aromatic N) is 1. The van der Waals surface area contributed by atoms with E-state index < -0.39 is 17.5 Å². The van der Waals surface area contributed by atoms with Gasteiger partial charge in [0.15, 0.2) is 6.10 Å². The highest BCUT2D eigenvalue weighted by atomic mass is 35.5. The van der Waals surface area contributed by atoms with E-state index in [1.54, 1.807) is 30.5 Å². The van der Waals surface area contributed by atoms with Crippen molar-refractivity contribution in [3.8, 4) is 0 Å². The third-order valence-electron chi connectivity index (χ3n) is 5.59. The minimum Gasteiger partial charge on any atom is -0.479 e. The van der Waals surface area contributed by atoms with Gasteiger partial charge in [0.05, 0.1) is 18.3 Å². The lowest BCUT2D eigenvalue weighted by Crippen LogP contribution is -2.43. The summed E-state index contributed by atoms with van der Waals surface area (Å²) in [5, 5.41) is 21.1. The van der Waals surface area contributed by atoms with Crippen LogP contribution in [0.25, 0.3) is 10.9 Å². The quantitative estimate of drug-likeness (QED) is 0.567. The van der Waals surface area contributed by atoms with Gasteiger partial charge < -0.3 is 15.2 Å². The van der Waals surface area contributed by atoms with Crippen molar-refractivity contribution in [2.75, 3.05) is 19.7 Å². The molecule has 1 aliphatic rings. The number of rotatable bonds is 6. The Morgan fingerprint density at radius 2 is 2.00 bits per heavy atom. The molecule has 152 valence electrons. The monoisotopic (exact) mass is 417 g/mol. The Labute approximate surface area is 172 Å². The van der Waals surface area contributed by atoms with Crippen molar-refractivity contribution in [3.05, 3.63) is 64.6 Å². The third kappa shape index (κ3) is 3.99. The molecule has 1 aliphatic heterocycles. The number of carboxylic acid groups (broad SMARTS) is 1. The molecule has 1 unspecified atom stereocenters. The molecule has 4 rings (SSSR count). The molecule has 0 radical (unpaired) electrons. The Morgan fingerprint density at radius 3 is 2.69 bits per heavy atom. The van der Waals surface area contributed by atoms with Crippen LogP contribution in [-0.2, 0) is 14.9 Å². The van der Waals surface area contributed by atoms with E-state index >= 15 is 0 Å². The molecule has 0 spiro atoms. The Kier molecular flexibility index (Phi) is 5.54. The number of H-pyrrole nitrogens is 1. The number of carbonyl (C=O) groups is 1. The number of aromatic amines is 1. The summed E-state index contributed by atoms with van der Waals surface area (Å²) in [6.45, 7) is 1.75. The van der Waals surface area contributed by atoms with Gasteiger partial charge in [-0.3, -0.25) is 5.10 Å². The topological polar surface area (TPSA) is 87.2 Å². The molecule has 0 bridgehead atoms. The molecule has 1 saturated heterocycles. The summed E-state index contributed by atoms with van der Waals surface area (Å²) in [6, 6.07) is 9.68.